The van der Waals surface area contributed by atoms with Crippen molar-refractivity contribution in [3.8, 4) is 0 Å². The van der Waals surface area contributed by atoms with Crippen LogP contribution in [0.25, 0.3) is 20.4 Å². The molecule has 6 rings (SSSR count). The highest BCUT2D eigenvalue weighted by Crippen LogP contribution is 2.42. The van der Waals surface area contributed by atoms with Crippen molar-refractivity contribution in [2.75, 3.05) is 55.8 Å². The molecule has 18 heteroatoms. The van der Waals surface area contributed by atoms with E-state index < -0.39 is 37.2 Å². The molecule has 1 N–H and O–H groups in total. The van der Waals surface area contributed by atoms with Crippen LogP contribution >= 0.6 is 22.7 Å². The summed E-state index contributed by atoms with van der Waals surface area (Å²) in [6, 6.07) is 7.31. The van der Waals surface area contributed by atoms with Gasteiger partial charge in [0.15, 0.2) is 18.6 Å². The number of halogens is 6. The Morgan fingerprint density at radius 3 is 1.67 bits per heavy atom. The number of aldehydes is 1. The van der Waals surface area contributed by atoms with Crippen molar-refractivity contribution in [3.63, 3.8) is 0 Å². The van der Waals surface area contributed by atoms with Crippen molar-refractivity contribution in [3.05, 3.63) is 47.5 Å². The average Bonchev–Trinajstić information content (AvgIpc) is 3.79. The minimum absolute atomic E-state index is 0.0690. The van der Waals surface area contributed by atoms with Crippen molar-refractivity contribution >= 4 is 74.2 Å². The Bertz CT molecular complexity index is 2010. The summed E-state index contributed by atoms with van der Waals surface area (Å²) in [7, 11) is -1.85. The smallest absolute Gasteiger partial charge is 0.416 e. The molecule has 2 fully saturated rings. The fourth-order valence-electron chi connectivity index (χ4n) is 6.78. The van der Waals surface area contributed by atoms with Crippen LogP contribution in [-0.2, 0) is 26.4 Å². The fraction of sp³-hybridized carbons (Fsp3) is 0.600. The van der Waals surface area contributed by atoms with Crippen LogP contribution in [0.2, 0.25) is 18.1 Å². The number of hydrogen-bond acceptors (Lipinski definition) is 11. The van der Waals surface area contributed by atoms with Gasteiger partial charge in [-0.15, -0.1) is 0 Å². The number of rotatable bonds is 12. The second-order valence-electron chi connectivity index (χ2n) is 16.7. The summed E-state index contributed by atoms with van der Waals surface area (Å²) in [5.74, 6) is 0. The topological polar surface area (TPSA) is 100 Å². The van der Waals surface area contributed by atoms with E-state index in [-0.39, 0.29) is 17.1 Å². The third-order valence-corrected chi connectivity index (χ3v) is 18.4. The monoisotopic (exact) mass is 873 g/mol. The molecular weight excluding hydrogens is 821 g/mol. The molecule has 9 nitrogen and oxygen atoms in total. The van der Waals surface area contributed by atoms with E-state index in [0.717, 1.165) is 48.5 Å². The van der Waals surface area contributed by atoms with Gasteiger partial charge >= 0.3 is 12.4 Å². The molecule has 0 spiro atoms. The van der Waals surface area contributed by atoms with E-state index in [1.165, 1.54) is 34.8 Å². The third kappa shape index (κ3) is 11.1. The number of benzene rings is 2. The lowest BCUT2D eigenvalue weighted by Crippen LogP contribution is -2.44. The first-order valence-electron chi connectivity index (χ1n) is 19.5. The number of oxime groups is 1. The van der Waals surface area contributed by atoms with Crippen LogP contribution in [0, 0.1) is 10.8 Å². The number of hydrogen-bond donors (Lipinski definition) is 1. The Morgan fingerprint density at radius 1 is 0.810 bits per heavy atom. The van der Waals surface area contributed by atoms with Crippen molar-refractivity contribution < 1.29 is 45.5 Å². The first kappa shape index (κ1) is 45.8. The Labute approximate surface area is 344 Å². The van der Waals surface area contributed by atoms with Crippen molar-refractivity contribution in [2.24, 2.45) is 16.0 Å². The van der Waals surface area contributed by atoms with Gasteiger partial charge in [-0.3, -0.25) is 0 Å². The van der Waals surface area contributed by atoms with Crippen molar-refractivity contribution in [1.29, 1.82) is 0 Å². The van der Waals surface area contributed by atoms with Crippen LogP contribution in [0.3, 0.4) is 0 Å². The first-order valence-corrected chi connectivity index (χ1v) is 24.0. The van der Waals surface area contributed by atoms with Gasteiger partial charge in [0.25, 0.3) is 0 Å². The van der Waals surface area contributed by atoms with Gasteiger partial charge in [0.2, 0.25) is 0 Å². The molecule has 4 aromatic rings. The second kappa shape index (κ2) is 18.1. The molecule has 2 aliphatic rings. The molecule has 2 aliphatic heterocycles. The number of alkyl halides is 6. The summed E-state index contributed by atoms with van der Waals surface area (Å²) in [5, 5.41) is 15.0. The number of carbonyl (C=O) groups is 1. The average molecular weight is 874 g/mol. The van der Waals surface area contributed by atoms with E-state index in [2.05, 4.69) is 58.8 Å². The molecule has 58 heavy (non-hydrogen) atoms. The van der Waals surface area contributed by atoms with Gasteiger partial charge in [0.1, 0.15) is 12.9 Å². The molecule has 0 bridgehead atoms. The zero-order valence-corrected chi connectivity index (χ0v) is 36.4. The van der Waals surface area contributed by atoms with Crippen LogP contribution in [0.15, 0.2) is 41.6 Å². The highest BCUT2D eigenvalue weighted by molar-refractivity contribution is 7.22. The summed E-state index contributed by atoms with van der Waals surface area (Å²) in [5.41, 5.74) is -0.788. The molecule has 0 unspecified atom stereocenters. The lowest BCUT2D eigenvalue weighted by molar-refractivity contribution is -0.138. The summed E-state index contributed by atoms with van der Waals surface area (Å²) in [6.45, 7) is 16.7. The van der Waals surface area contributed by atoms with Crippen LogP contribution < -0.4 is 9.80 Å². The quantitative estimate of drug-likeness (QED) is 0.0494. The maximum Gasteiger partial charge on any atom is 0.416 e. The lowest BCUT2D eigenvalue weighted by Gasteiger charge is -2.40. The standard InChI is InChI=1S/C22H31F3N2O2SSi.C18H22F3N3O2S/c1-20(2,3)31(4,5)29-13-10-21(15-28)8-11-27(12-9-21)19-26-17-7-6-16(22(23,24)25)14-18(17)30-19;1-2-26-22-12-17(7-10-25)5-8-24(9-6-17)16-23-14-4-3-13(18(19,20)21)11-15(14)27-16/h6-7,14-15H,8-13H2,1-5H3;3-4,11-12,25H,2,5-10H2,1H3/b;22-12+. The largest absolute Gasteiger partial charge is 0.417 e. The predicted octanol–water partition coefficient (Wildman–Crippen LogP) is 10.8. The van der Waals surface area contributed by atoms with Gasteiger partial charge in [-0.2, -0.15) is 26.3 Å². The number of thiazole rings is 2. The molecule has 4 heterocycles. The van der Waals surface area contributed by atoms with E-state index in [4.69, 9.17) is 9.26 Å². The maximum atomic E-state index is 13.0. The molecular formula is C40H53F6N5O4S2Si. The Morgan fingerprint density at radius 2 is 1.28 bits per heavy atom. The van der Waals surface area contributed by atoms with Crippen molar-refractivity contribution in [2.45, 2.75) is 96.7 Å². The summed E-state index contributed by atoms with van der Waals surface area (Å²) in [6.07, 6.45) is -1.61. The Kier molecular flexibility index (Phi) is 14.3. The van der Waals surface area contributed by atoms with E-state index >= 15 is 0 Å². The van der Waals surface area contributed by atoms with Gasteiger partial charge < -0.3 is 29.0 Å². The number of piperidine rings is 2. The highest BCUT2D eigenvalue weighted by atomic mass is 32.1. The van der Waals surface area contributed by atoms with Gasteiger partial charge in [-0.1, -0.05) is 48.6 Å². The van der Waals surface area contributed by atoms with Gasteiger partial charge in [0.05, 0.1) is 37.8 Å². The number of nitrogens with zero attached hydrogens (tertiary/aromatic N) is 5. The van der Waals surface area contributed by atoms with Crippen LogP contribution in [0.5, 0.6) is 0 Å². The number of aliphatic hydroxyl groups excluding tert-OH is 1. The SMILES string of the molecule is CC(C)(C)[Si](C)(C)OCCC1(C=O)CCN(c2nc3ccc(C(F)(F)F)cc3s2)CC1.CCO/N=C/C1(CCO)CCN(c2nc3ccc(C(F)(F)F)cc3s2)CC1. The normalized spacial score (nSPS) is 17.8. The van der Waals surface area contributed by atoms with Gasteiger partial charge in [-0.05, 0) is 100.0 Å². The lowest BCUT2D eigenvalue weighted by atomic mass is 9.77. The molecule has 0 atom stereocenters. The Hall–Kier alpha value is -3.32. The molecule has 0 saturated carbocycles. The van der Waals surface area contributed by atoms with Crippen LogP contribution in [0.1, 0.15) is 77.3 Å². The number of fused-ring (bicyclic) bond motifs is 2. The van der Waals surface area contributed by atoms with Gasteiger partial charge in [-0.25, -0.2) is 9.97 Å². The Balaban J connectivity index is 0.000000223. The number of aromatic nitrogens is 2. The minimum atomic E-state index is -4.36. The van der Waals surface area contributed by atoms with Crippen LogP contribution in [0.4, 0.5) is 36.6 Å². The molecule has 0 aliphatic carbocycles. The minimum Gasteiger partial charge on any atom is -0.417 e. The molecule has 0 radical (unpaired) electrons. The number of anilines is 2. The predicted molar refractivity (Wildman–Crippen MR) is 223 cm³/mol. The maximum absolute atomic E-state index is 13.0. The van der Waals surface area contributed by atoms with E-state index in [0.29, 0.717) is 90.6 Å². The van der Waals surface area contributed by atoms with E-state index in [9.17, 15) is 36.2 Å². The first-order chi connectivity index (χ1) is 27.1. The number of aliphatic hydroxyl groups is 1. The van der Waals surface area contributed by atoms with Crippen LogP contribution in [-0.4, -0.2) is 81.9 Å². The third-order valence-electron chi connectivity index (χ3n) is 11.7. The molecule has 2 aromatic heterocycles. The summed E-state index contributed by atoms with van der Waals surface area (Å²) >= 11 is 2.55. The van der Waals surface area contributed by atoms with E-state index in [1.807, 2.05) is 6.92 Å². The molecule has 2 aromatic carbocycles. The zero-order chi connectivity index (χ0) is 42.6. The zero-order valence-electron chi connectivity index (χ0n) is 33.8. The summed E-state index contributed by atoms with van der Waals surface area (Å²) < 4.78 is 84.9. The molecule has 320 valence electrons. The molecule has 0 amide bonds. The van der Waals surface area contributed by atoms with Gasteiger partial charge in [0, 0.05) is 50.2 Å². The van der Waals surface area contributed by atoms with E-state index in [1.54, 1.807) is 6.21 Å². The fourth-order valence-corrected chi connectivity index (χ4v) is 9.94. The molecule has 2 saturated heterocycles. The second-order valence-corrected chi connectivity index (χ2v) is 23.5. The highest BCUT2D eigenvalue weighted by Gasteiger charge is 2.40. The summed E-state index contributed by atoms with van der Waals surface area (Å²) in [4.78, 5) is 30.2. The van der Waals surface area contributed by atoms with Crippen molar-refractivity contribution in [1.82, 2.24) is 9.97 Å². The number of carbonyl (C=O) groups excluding carboxylic acids is 1.